The third-order valence-corrected chi connectivity index (χ3v) is 1.58. The molecule has 13 heavy (non-hydrogen) atoms. The van der Waals surface area contributed by atoms with E-state index in [0.29, 0.717) is 0 Å². The van der Waals surface area contributed by atoms with Crippen molar-refractivity contribution in [2.24, 2.45) is 0 Å². The minimum atomic E-state index is -1.42. The highest BCUT2D eigenvalue weighted by molar-refractivity contribution is 6.30. The molecule has 0 aliphatic rings. The van der Waals surface area contributed by atoms with Gasteiger partial charge in [0, 0.05) is 6.07 Å². The summed E-state index contributed by atoms with van der Waals surface area (Å²) in [5.41, 5.74) is -0.558. The highest BCUT2D eigenvalue weighted by atomic mass is 35.5. The van der Waals surface area contributed by atoms with Crippen LogP contribution >= 0.6 is 11.6 Å². The van der Waals surface area contributed by atoms with Gasteiger partial charge in [-0.2, -0.15) is 4.98 Å². The summed E-state index contributed by atoms with van der Waals surface area (Å²) in [6.07, 6.45) is 0. The number of pyridine rings is 1. The van der Waals surface area contributed by atoms with E-state index in [1.54, 1.807) is 0 Å². The molecule has 0 atom stereocenters. The van der Waals surface area contributed by atoms with E-state index in [-0.39, 0.29) is 5.88 Å². The van der Waals surface area contributed by atoms with Crippen molar-refractivity contribution in [3.05, 3.63) is 22.6 Å². The maximum atomic E-state index is 12.9. The summed E-state index contributed by atoms with van der Waals surface area (Å²) in [5.74, 6) is -2.51. The molecule has 6 heteroatoms. The Morgan fingerprint density at radius 2 is 2.38 bits per heavy atom. The molecule has 0 bridgehead atoms. The number of methoxy groups -OCH3 is 1. The first-order valence-electron chi connectivity index (χ1n) is 3.19. The number of hydrogen-bond donors (Lipinski definition) is 1. The lowest BCUT2D eigenvalue weighted by Gasteiger charge is -2.02. The number of carboxylic acid groups (broad SMARTS) is 1. The van der Waals surface area contributed by atoms with Crippen LogP contribution in [0.5, 0.6) is 5.88 Å². The van der Waals surface area contributed by atoms with Crippen LogP contribution < -0.4 is 4.74 Å². The number of nitrogens with zero attached hydrogens (tertiary/aromatic N) is 1. The fourth-order valence-corrected chi connectivity index (χ4v) is 0.921. The summed E-state index contributed by atoms with van der Waals surface area (Å²) in [6.45, 7) is 0. The van der Waals surface area contributed by atoms with Gasteiger partial charge in [0.1, 0.15) is 5.56 Å². The van der Waals surface area contributed by atoms with Gasteiger partial charge in [0.25, 0.3) is 0 Å². The number of ether oxygens (including phenoxy) is 1. The van der Waals surface area contributed by atoms with E-state index in [1.165, 1.54) is 7.11 Å². The number of carboxylic acids is 1. The fraction of sp³-hybridized carbons (Fsp3) is 0.143. The Morgan fingerprint density at radius 3 is 2.85 bits per heavy atom. The highest BCUT2D eigenvalue weighted by Crippen LogP contribution is 2.20. The zero-order chi connectivity index (χ0) is 10.0. The molecule has 1 N–H and O–H groups in total. The van der Waals surface area contributed by atoms with Crippen molar-refractivity contribution in [2.75, 3.05) is 7.11 Å². The minimum absolute atomic E-state index is 0.0381. The number of halogens is 2. The molecule has 0 aliphatic carbocycles. The molecule has 1 aromatic rings. The van der Waals surface area contributed by atoms with Crippen molar-refractivity contribution in [3.8, 4) is 5.88 Å². The minimum Gasteiger partial charge on any atom is -0.481 e. The topological polar surface area (TPSA) is 59.4 Å². The van der Waals surface area contributed by atoms with Gasteiger partial charge in [0.15, 0.2) is 11.0 Å². The van der Waals surface area contributed by atoms with E-state index in [9.17, 15) is 9.18 Å². The molecule has 1 aromatic heterocycles. The molecule has 0 aromatic carbocycles. The Labute approximate surface area is 77.9 Å². The fourth-order valence-electron chi connectivity index (χ4n) is 0.736. The van der Waals surface area contributed by atoms with Crippen molar-refractivity contribution in [3.63, 3.8) is 0 Å². The molecule has 4 nitrogen and oxygen atoms in total. The first kappa shape index (κ1) is 9.73. The summed E-state index contributed by atoms with van der Waals surface area (Å²) in [7, 11) is 1.28. The van der Waals surface area contributed by atoms with E-state index >= 15 is 0 Å². The maximum Gasteiger partial charge on any atom is 0.339 e. The van der Waals surface area contributed by atoms with E-state index in [4.69, 9.17) is 16.7 Å². The molecule has 1 heterocycles. The maximum absolute atomic E-state index is 12.9. The molecule has 0 spiro atoms. The van der Waals surface area contributed by atoms with Crippen molar-refractivity contribution in [1.29, 1.82) is 0 Å². The molecule has 0 saturated carbocycles. The van der Waals surface area contributed by atoms with Crippen molar-refractivity contribution in [1.82, 2.24) is 4.98 Å². The van der Waals surface area contributed by atoms with Gasteiger partial charge in [-0.3, -0.25) is 0 Å². The number of rotatable bonds is 2. The monoisotopic (exact) mass is 205 g/mol. The first-order chi connectivity index (χ1) is 6.06. The van der Waals surface area contributed by atoms with Crippen LogP contribution in [0.25, 0.3) is 0 Å². The van der Waals surface area contributed by atoms with Crippen LogP contribution in [-0.2, 0) is 0 Å². The number of aromatic nitrogens is 1. The second-order valence-corrected chi connectivity index (χ2v) is 2.48. The predicted molar refractivity (Wildman–Crippen MR) is 42.7 cm³/mol. The van der Waals surface area contributed by atoms with Gasteiger partial charge < -0.3 is 9.84 Å². The van der Waals surface area contributed by atoms with E-state index < -0.39 is 22.5 Å². The zero-order valence-electron chi connectivity index (χ0n) is 6.54. The number of carbonyl (C=O) groups is 1. The molecular weight excluding hydrogens is 201 g/mol. The molecule has 1 rings (SSSR count). The Morgan fingerprint density at radius 1 is 1.77 bits per heavy atom. The van der Waals surface area contributed by atoms with Crippen LogP contribution in [0, 0.1) is 5.82 Å². The third-order valence-electron chi connectivity index (χ3n) is 1.33. The van der Waals surface area contributed by atoms with Gasteiger partial charge >= 0.3 is 5.97 Å². The molecule has 0 fully saturated rings. The van der Waals surface area contributed by atoms with Gasteiger partial charge in [0.05, 0.1) is 7.11 Å². The van der Waals surface area contributed by atoms with Crippen LogP contribution in [0.3, 0.4) is 0 Å². The lowest BCUT2D eigenvalue weighted by Crippen LogP contribution is -2.03. The van der Waals surface area contributed by atoms with Crippen molar-refractivity contribution in [2.45, 2.75) is 0 Å². The molecular formula is C7H5ClFNO3. The molecule has 0 radical (unpaired) electrons. The first-order valence-corrected chi connectivity index (χ1v) is 3.57. The second kappa shape index (κ2) is 3.57. The summed E-state index contributed by atoms with van der Waals surface area (Å²) >= 11 is 5.31. The summed E-state index contributed by atoms with van der Waals surface area (Å²) < 4.78 is 17.6. The quantitative estimate of drug-likeness (QED) is 0.745. The Bertz CT molecular complexity index is 356. The summed E-state index contributed by atoms with van der Waals surface area (Å²) in [6, 6.07) is 0.962. The number of hydrogen-bond acceptors (Lipinski definition) is 3. The Kier molecular flexibility index (Phi) is 2.67. The lowest BCUT2D eigenvalue weighted by molar-refractivity contribution is 0.0691. The van der Waals surface area contributed by atoms with Gasteiger partial charge in [-0.05, 0) is 0 Å². The zero-order valence-corrected chi connectivity index (χ0v) is 7.30. The van der Waals surface area contributed by atoms with Gasteiger partial charge in [-0.1, -0.05) is 11.6 Å². The van der Waals surface area contributed by atoms with E-state index in [1.807, 2.05) is 0 Å². The van der Waals surface area contributed by atoms with Gasteiger partial charge in [0.2, 0.25) is 5.88 Å². The largest absolute Gasteiger partial charge is 0.481 e. The van der Waals surface area contributed by atoms with Crippen LogP contribution in [0.4, 0.5) is 4.39 Å². The van der Waals surface area contributed by atoms with Gasteiger partial charge in [-0.15, -0.1) is 0 Å². The average Bonchev–Trinajstić information content (AvgIpc) is 2.09. The molecule has 0 amide bonds. The Hall–Kier alpha value is -1.36. The molecule has 0 unspecified atom stereocenters. The second-order valence-electron chi connectivity index (χ2n) is 2.12. The lowest BCUT2D eigenvalue weighted by atomic mass is 10.2. The van der Waals surface area contributed by atoms with Crippen molar-refractivity contribution < 1.29 is 19.0 Å². The van der Waals surface area contributed by atoms with E-state index in [0.717, 1.165) is 6.07 Å². The van der Waals surface area contributed by atoms with Crippen molar-refractivity contribution >= 4 is 17.6 Å². The van der Waals surface area contributed by atoms with Crippen LogP contribution in [0.2, 0.25) is 5.15 Å². The normalized spacial score (nSPS) is 9.77. The molecule has 0 saturated heterocycles. The smallest absolute Gasteiger partial charge is 0.339 e. The highest BCUT2D eigenvalue weighted by Gasteiger charge is 2.16. The number of aromatic carboxylic acids is 1. The average molecular weight is 206 g/mol. The molecule has 70 valence electrons. The standard InChI is InChI=1S/C7H5ClFNO3/c1-13-4-2-3(7(11)12)5(9)6(8)10-4/h2H,1H3,(H,11,12). The summed E-state index contributed by atoms with van der Waals surface area (Å²) in [5, 5.41) is 8.01. The van der Waals surface area contributed by atoms with Gasteiger partial charge in [-0.25, -0.2) is 9.18 Å². The third kappa shape index (κ3) is 1.86. The van der Waals surface area contributed by atoms with Crippen LogP contribution in [0.15, 0.2) is 6.07 Å². The summed E-state index contributed by atoms with van der Waals surface area (Å²) in [4.78, 5) is 13.9. The molecule has 0 aliphatic heterocycles. The van der Waals surface area contributed by atoms with Crippen LogP contribution in [-0.4, -0.2) is 23.2 Å². The SMILES string of the molecule is COc1cc(C(=O)O)c(F)c(Cl)n1. The van der Waals surface area contributed by atoms with E-state index in [2.05, 4.69) is 9.72 Å². The predicted octanol–water partition coefficient (Wildman–Crippen LogP) is 1.58. The Balaban J connectivity index is 3.33. The van der Waals surface area contributed by atoms with Crippen LogP contribution in [0.1, 0.15) is 10.4 Å².